The highest BCUT2D eigenvalue weighted by atomic mass is 32.2. The molecule has 0 unspecified atom stereocenters. The van der Waals surface area contributed by atoms with Crippen LogP contribution in [-0.4, -0.2) is 45.4 Å². The maximum absolute atomic E-state index is 12.4. The summed E-state index contributed by atoms with van der Waals surface area (Å²) in [6, 6.07) is 4.36. The van der Waals surface area contributed by atoms with Gasteiger partial charge in [-0.25, -0.2) is 25.6 Å². The number of nitrogens with one attached hydrogen (secondary N) is 1. The summed E-state index contributed by atoms with van der Waals surface area (Å²) in [4.78, 5) is 12.2. The van der Waals surface area contributed by atoms with Crippen LogP contribution in [0, 0.1) is 6.92 Å². The quantitative estimate of drug-likeness (QED) is 0.754. The fourth-order valence-electron chi connectivity index (χ4n) is 2.55. The lowest BCUT2D eigenvalue weighted by atomic mass is 10.1. The second-order valence-corrected chi connectivity index (χ2v) is 9.47. The Hall–Kier alpha value is -2.07. The van der Waals surface area contributed by atoms with E-state index in [1.54, 1.807) is 0 Å². The van der Waals surface area contributed by atoms with Crippen LogP contribution >= 0.6 is 0 Å². The number of anilines is 1. The predicted molar refractivity (Wildman–Crippen MR) is 96.0 cm³/mol. The van der Waals surface area contributed by atoms with Crippen molar-refractivity contribution in [2.24, 2.45) is 0 Å². The van der Waals surface area contributed by atoms with Gasteiger partial charge in [-0.1, -0.05) is 0 Å². The van der Waals surface area contributed by atoms with Gasteiger partial charge in [0, 0.05) is 16.8 Å². The van der Waals surface area contributed by atoms with Crippen LogP contribution in [0.25, 0.3) is 10.9 Å². The number of ether oxygens (including phenoxy) is 1. The molecule has 0 aliphatic rings. The molecule has 0 amide bonds. The van der Waals surface area contributed by atoms with E-state index in [4.69, 9.17) is 4.74 Å². The molecule has 1 N–H and O–H groups in total. The van der Waals surface area contributed by atoms with Crippen LogP contribution in [0.3, 0.4) is 0 Å². The Morgan fingerprint density at radius 2 is 1.80 bits per heavy atom. The number of carbonyl (C=O) groups excluding carboxylic acids is 1. The summed E-state index contributed by atoms with van der Waals surface area (Å²) in [7, 11) is -5.97. The summed E-state index contributed by atoms with van der Waals surface area (Å²) in [5, 5.41) is 0.303. The van der Waals surface area contributed by atoms with E-state index in [9.17, 15) is 21.6 Å². The van der Waals surface area contributed by atoms with Crippen molar-refractivity contribution in [3.8, 4) is 0 Å². The molecule has 10 heteroatoms. The highest BCUT2D eigenvalue weighted by Gasteiger charge is 2.26. The number of hydrogen-bond acceptors (Lipinski definition) is 6. The van der Waals surface area contributed by atoms with Crippen LogP contribution in [0.15, 0.2) is 18.2 Å². The first kappa shape index (κ1) is 19.3. The first-order valence-corrected chi connectivity index (χ1v) is 10.8. The van der Waals surface area contributed by atoms with Crippen molar-refractivity contribution >= 4 is 42.6 Å². The number of methoxy groups -OCH3 is 1. The second kappa shape index (κ2) is 6.68. The molecule has 138 valence electrons. The molecule has 0 saturated carbocycles. The van der Waals surface area contributed by atoms with Gasteiger partial charge in [-0.3, -0.25) is 4.72 Å². The zero-order valence-corrected chi connectivity index (χ0v) is 16.0. The van der Waals surface area contributed by atoms with Crippen LogP contribution in [0.1, 0.15) is 29.9 Å². The molecule has 0 bridgehead atoms. The summed E-state index contributed by atoms with van der Waals surface area (Å²) in [6.07, 6.45) is 0. The number of fused-ring (bicyclic) bond motifs is 1. The van der Waals surface area contributed by atoms with Gasteiger partial charge in [-0.2, -0.15) is 0 Å². The minimum Gasteiger partial charge on any atom is -0.465 e. The minimum atomic E-state index is -3.66. The molecule has 2 aromatic rings. The average molecular weight is 388 g/mol. The van der Waals surface area contributed by atoms with E-state index in [0.29, 0.717) is 10.9 Å². The topological polar surface area (TPSA) is 112 Å². The van der Waals surface area contributed by atoms with Gasteiger partial charge >= 0.3 is 5.97 Å². The first-order chi connectivity index (χ1) is 11.6. The third-order valence-corrected chi connectivity index (χ3v) is 6.90. The van der Waals surface area contributed by atoms with Crippen molar-refractivity contribution in [3.63, 3.8) is 0 Å². The summed E-state index contributed by atoms with van der Waals surface area (Å²) in [6.45, 7) is 4.51. The molecule has 1 heterocycles. The number of nitrogens with zero attached hydrogens (tertiary/aromatic N) is 1. The highest BCUT2D eigenvalue weighted by Crippen LogP contribution is 2.31. The van der Waals surface area contributed by atoms with Crippen molar-refractivity contribution in [2.45, 2.75) is 20.8 Å². The van der Waals surface area contributed by atoms with Crippen LogP contribution in [0.5, 0.6) is 0 Å². The Bertz CT molecular complexity index is 1040. The zero-order chi connectivity index (χ0) is 19.0. The Balaban J connectivity index is 2.83. The van der Waals surface area contributed by atoms with E-state index in [2.05, 4.69) is 4.72 Å². The maximum atomic E-state index is 12.4. The van der Waals surface area contributed by atoms with Crippen LogP contribution in [-0.2, 0) is 24.8 Å². The Morgan fingerprint density at radius 1 is 1.16 bits per heavy atom. The Morgan fingerprint density at radius 3 is 2.32 bits per heavy atom. The van der Waals surface area contributed by atoms with Crippen LogP contribution in [0.4, 0.5) is 5.69 Å². The van der Waals surface area contributed by atoms with E-state index in [-0.39, 0.29) is 28.5 Å². The molecule has 0 aliphatic carbocycles. The van der Waals surface area contributed by atoms with Gasteiger partial charge in [-0.05, 0) is 39.0 Å². The standard InChI is InChI=1S/C15H20N2O6S2/c1-5-24(19,20)16-11-7-8-13-12(9-11)14(15(18)23-4)10(3)17(13)25(21,22)6-2/h7-9,16H,5-6H2,1-4H3. The van der Waals surface area contributed by atoms with Crippen LogP contribution in [0.2, 0.25) is 0 Å². The van der Waals surface area contributed by atoms with Gasteiger partial charge in [-0.15, -0.1) is 0 Å². The summed E-state index contributed by atoms with van der Waals surface area (Å²) in [5.74, 6) is -0.954. The second-order valence-electron chi connectivity index (χ2n) is 5.35. The van der Waals surface area contributed by atoms with Gasteiger partial charge in [0.1, 0.15) is 0 Å². The largest absolute Gasteiger partial charge is 0.465 e. The van der Waals surface area contributed by atoms with Crippen molar-refractivity contribution in [1.82, 2.24) is 3.97 Å². The Labute approximate surface area is 146 Å². The molecule has 25 heavy (non-hydrogen) atoms. The lowest BCUT2D eigenvalue weighted by molar-refractivity contribution is 0.0602. The number of carbonyl (C=O) groups is 1. The fourth-order valence-corrected chi connectivity index (χ4v) is 4.41. The Kier molecular flexibility index (Phi) is 5.14. The SMILES string of the molecule is CCS(=O)(=O)Nc1ccc2c(c1)c(C(=O)OC)c(C)n2S(=O)(=O)CC. The van der Waals surface area contributed by atoms with E-state index >= 15 is 0 Å². The van der Waals surface area contributed by atoms with Crippen molar-refractivity contribution in [1.29, 1.82) is 0 Å². The van der Waals surface area contributed by atoms with E-state index in [1.165, 1.54) is 46.1 Å². The van der Waals surface area contributed by atoms with Crippen molar-refractivity contribution in [3.05, 3.63) is 29.5 Å². The third kappa shape index (κ3) is 3.49. The third-order valence-electron chi connectivity index (χ3n) is 3.84. The molecule has 1 aromatic heterocycles. The lowest BCUT2D eigenvalue weighted by Crippen LogP contribution is -2.17. The first-order valence-electron chi connectivity index (χ1n) is 7.55. The van der Waals surface area contributed by atoms with Crippen molar-refractivity contribution in [2.75, 3.05) is 23.3 Å². The van der Waals surface area contributed by atoms with Gasteiger partial charge in [0.05, 0.1) is 29.7 Å². The normalized spacial score (nSPS) is 12.3. The number of aromatic nitrogens is 1. The maximum Gasteiger partial charge on any atom is 0.340 e. The molecule has 0 spiro atoms. The van der Waals surface area contributed by atoms with Gasteiger partial charge in [0.2, 0.25) is 20.0 Å². The monoisotopic (exact) mass is 388 g/mol. The average Bonchev–Trinajstić information content (AvgIpc) is 2.85. The van der Waals surface area contributed by atoms with E-state index in [0.717, 1.165) is 3.97 Å². The van der Waals surface area contributed by atoms with E-state index in [1.807, 2.05) is 0 Å². The van der Waals surface area contributed by atoms with E-state index < -0.39 is 26.0 Å². The smallest absolute Gasteiger partial charge is 0.340 e. The molecule has 0 saturated heterocycles. The van der Waals surface area contributed by atoms with Crippen LogP contribution < -0.4 is 4.72 Å². The molecule has 8 nitrogen and oxygen atoms in total. The number of esters is 1. The molecular formula is C15H20N2O6S2. The molecule has 2 rings (SSSR count). The number of sulfonamides is 1. The van der Waals surface area contributed by atoms with Crippen molar-refractivity contribution < 1.29 is 26.4 Å². The summed E-state index contributed by atoms with van der Waals surface area (Å²) >= 11 is 0. The molecular weight excluding hydrogens is 368 g/mol. The zero-order valence-electron chi connectivity index (χ0n) is 14.4. The number of benzene rings is 1. The van der Waals surface area contributed by atoms with Gasteiger partial charge < -0.3 is 4.74 Å². The van der Waals surface area contributed by atoms with Gasteiger partial charge in [0.15, 0.2) is 0 Å². The molecule has 0 radical (unpaired) electrons. The molecule has 0 aliphatic heterocycles. The molecule has 0 atom stereocenters. The highest BCUT2D eigenvalue weighted by molar-refractivity contribution is 7.92. The number of rotatable bonds is 6. The van der Waals surface area contributed by atoms with Gasteiger partial charge in [0.25, 0.3) is 0 Å². The summed E-state index contributed by atoms with van der Waals surface area (Å²) < 4.78 is 56.6. The number of hydrogen-bond donors (Lipinski definition) is 1. The lowest BCUT2D eigenvalue weighted by Gasteiger charge is -2.09. The molecule has 0 fully saturated rings. The predicted octanol–water partition coefficient (Wildman–Crippen LogP) is 1.70. The summed E-state index contributed by atoms with van der Waals surface area (Å²) in [5.41, 5.74) is 0.844. The molecule has 1 aromatic carbocycles. The minimum absolute atomic E-state index is 0.0899. The fraction of sp³-hybridized carbons (Fsp3) is 0.400.